The highest BCUT2D eigenvalue weighted by Gasteiger charge is 2.15. The van der Waals surface area contributed by atoms with Crippen LogP contribution in [0.3, 0.4) is 0 Å². The molecule has 0 bridgehead atoms. The van der Waals surface area contributed by atoms with E-state index in [1.807, 2.05) is 11.6 Å². The average Bonchev–Trinajstić information content (AvgIpc) is 3.23. The van der Waals surface area contributed by atoms with Gasteiger partial charge in [-0.25, -0.2) is 0 Å². The Hall–Kier alpha value is -1.54. The molecule has 27 heavy (non-hydrogen) atoms. The maximum atomic E-state index is 12.2. The van der Waals surface area contributed by atoms with Crippen molar-refractivity contribution < 1.29 is 4.79 Å². The van der Waals surface area contributed by atoms with Crippen LogP contribution in [0.25, 0.3) is 11.4 Å². The number of carbonyl (C=O) groups excluding carboxylic acids is 1. The minimum Gasteiger partial charge on any atom is -0.324 e. The normalized spacial score (nSPS) is 11.2. The van der Waals surface area contributed by atoms with Gasteiger partial charge in [-0.15, -0.1) is 21.5 Å². The fourth-order valence-electron chi connectivity index (χ4n) is 2.37. The summed E-state index contributed by atoms with van der Waals surface area (Å²) in [7, 11) is 1.90. The van der Waals surface area contributed by atoms with Crippen LogP contribution in [-0.4, -0.2) is 26.4 Å². The van der Waals surface area contributed by atoms with Gasteiger partial charge in [-0.3, -0.25) is 4.79 Å². The fraction of sp³-hybridized carbons (Fsp3) is 0.278. The topological polar surface area (TPSA) is 59.8 Å². The van der Waals surface area contributed by atoms with Crippen LogP contribution in [0.4, 0.5) is 5.69 Å². The van der Waals surface area contributed by atoms with E-state index >= 15 is 0 Å². The van der Waals surface area contributed by atoms with Gasteiger partial charge in [0.25, 0.3) is 0 Å². The number of rotatable bonds is 6. The second kappa shape index (κ2) is 8.65. The van der Waals surface area contributed by atoms with Crippen molar-refractivity contribution in [3.05, 3.63) is 44.6 Å². The lowest BCUT2D eigenvalue weighted by atomic mass is 10.1. The Morgan fingerprint density at radius 2 is 2.07 bits per heavy atom. The number of amides is 1. The number of aromatic nitrogens is 3. The van der Waals surface area contributed by atoms with Gasteiger partial charge in [0.1, 0.15) is 0 Å². The zero-order valence-corrected chi connectivity index (χ0v) is 18.1. The molecular formula is C18H18Cl2N4OS2. The summed E-state index contributed by atoms with van der Waals surface area (Å²) in [5, 5.41) is 15.0. The van der Waals surface area contributed by atoms with E-state index in [1.54, 1.807) is 29.5 Å². The zero-order chi connectivity index (χ0) is 19.6. The molecule has 9 heteroatoms. The second-order valence-corrected chi connectivity index (χ2v) is 8.95. The Balaban J connectivity index is 1.65. The van der Waals surface area contributed by atoms with E-state index in [9.17, 15) is 4.79 Å². The summed E-state index contributed by atoms with van der Waals surface area (Å²) in [6.45, 7) is 4.33. The lowest BCUT2D eigenvalue weighted by Crippen LogP contribution is -2.14. The molecule has 0 saturated carbocycles. The summed E-state index contributed by atoms with van der Waals surface area (Å²) < 4.78 is 1.90. The number of thiophene rings is 1. The smallest absolute Gasteiger partial charge is 0.234 e. The molecule has 1 amide bonds. The molecule has 0 saturated heterocycles. The molecule has 1 aromatic carbocycles. The highest BCUT2D eigenvalue weighted by atomic mass is 35.5. The fourth-order valence-corrected chi connectivity index (χ4v) is 4.33. The number of anilines is 1. The number of nitrogens with zero attached hydrogens (tertiary/aromatic N) is 3. The van der Waals surface area contributed by atoms with E-state index in [-0.39, 0.29) is 11.7 Å². The number of hydrogen-bond acceptors (Lipinski definition) is 5. The van der Waals surface area contributed by atoms with E-state index in [4.69, 9.17) is 23.2 Å². The minimum absolute atomic E-state index is 0.189. The Morgan fingerprint density at radius 3 is 2.78 bits per heavy atom. The molecular weight excluding hydrogens is 423 g/mol. The molecule has 0 aliphatic heterocycles. The van der Waals surface area contributed by atoms with Crippen molar-refractivity contribution in [3.8, 4) is 11.4 Å². The zero-order valence-electron chi connectivity index (χ0n) is 15.0. The van der Waals surface area contributed by atoms with Crippen LogP contribution in [0.15, 0.2) is 34.8 Å². The lowest BCUT2D eigenvalue weighted by molar-refractivity contribution is -0.113. The van der Waals surface area contributed by atoms with Gasteiger partial charge in [0.05, 0.1) is 16.5 Å². The average molecular weight is 441 g/mol. The standard InChI is InChI=1S/C18H18Cl2N4OS2/c1-10(2)15-6-11(8-26-15)17-22-23-18(24(17)3)27-9-16(25)21-14-7-12(19)4-5-13(14)20/h4-8,10H,9H2,1-3H3,(H,21,25). The van der Waals surface area contributed by atoms with Crippen molar-refractivity contribution in [1.82, 2.24) is 14.8 Å². The molecule has 0 aliphatic rings. The number of benzene rings is 1. The van der Waals surface area contributed by atoms with Gasteiger partial charge in [-0.05, 0) is 30.2 Å². The first-order chi connectivity index (χ1) is 12.8. The van der Waals surface area contributed by atoms with E-state index in [1.165, 1.54) is 16.6 Å². The lowest BCUT2D eigenvalue weighted by Gasteiger charge is -2.07. The first-order valence-corrected chi connectivity index (χ1v) is 10.8. The highest BCUT2D eigenvalue weighted by molar-refractivity contribution is 7.99. The predicted molar refractivity (Wildman–Crippen MR) is 114 cm³/mol. The first-order valence-electron chi connectivity index (χ1n) is 8.21. The SMILES string of the molecule is CC(C)c1cc(-c2nnc(SCC(=O)Nc3cc(Cl)ccc3Cl)n2C)cs1. The van der Waals surface area contributed by atoms with Crippen molar-refractivity contribution in [2.45, 2.75) is 24.9 Å². The molecule has 0 fully saturated rings. The van der Waals surface area contributed by atoms with Gasteiger partial charge in [-0.1, -0.05) is 48.8 Å². The third-order valence-electron chi connectivity index (χ3n) is 3.82. The Bertz CT molecular complexity index is 968. The summed E-state index contributed by atoms with van der Waals surface area (Å²) in [5.74, 6) is 1.27. The molecule has 2 heterocycles. The van der Waals surface area contributed by atoms with Crippen molar-refractivity contribution in [2.75, 3.05) is 11.1 Å². The molecule has 1 N–H and O–H groups in total. The van der Waals surface area contributed by atoms with Crippen molar-refractivity contribution in [2.24, 2.45) is 7.05 Å². The van der Waals surface area contributed by atoms with Crippen molar-refractivity contribution >= 4 is 57.9 Å². The summed E-state index contributed by atoms with van der Waals surface area (Å²) in [5.41, 5.74) is 1.54. The molecule has 0 atom stereocenters. The predicted octanol–water partition coefficient (Wildman–Crippen LogP) is 5.70. The molecule has 0 spiro atoms. The first kappa shape index (κ1) is 20.2. The van der Waals surface area contributed by atoms with Crippen molar-refractivity contribution in [3.63, 3.8) is 0 Å². The Morgan fingerprint density at radius 1 is 1.30 bits per heavy atom. The quantitative estimate of drug-likeness (QED) is 0.498. The molecule has 0 aliphatic carbocycles. The van der Waals surface area contributed by atoms with Gasteiger partial charge >= 0.3 is 0 Å². The highest BCUT2D eigenvalue weighted by Crippen LogP contribution is 2.30. The maximum absolute atomic E-state index is 12.2. The van der Waals surface area contributed by atoms with Gasteiger partial charge in [0.2, 0.25) is 5.91 Å². The summed E-state index contributed by atoms with van der Waals surface area (Å²) in [6.07, 6.45) is 0. The summed E-state index contributed by atoms with van der Waals surface area (Å²) in [4.78, 5) is 13.5. The van der Waals surface area contributed by atoms with Gasteiger partial charge < -0.3 is 9.88 Å². The number of thioether (sulfide) groups is 1. The molecule has 0 radical (unpaired) electrons. The number of hydrogen-bond donors (Lipinski definition) is 1. The molecule has 142 valence electrons. The third kappa shape index (κ3) is 4.85. The van der Waals surface area contributed by atoms with E-state index < -0.39 is 0 Å². The minimum atomic E-state index is -0.189. The largest absolute Gasteiger partial charge is 0.324 e. The maximum Gasteiger partial charge on any atom is 0.234 e. The van der Waals surface area contributed by atoms with Crippen LogP contribution in [0, 0.1) is 0 Å². The number of halogens is 2. The number of nitrogens with one attached hydrogen (secondary N) is 1. The van der Waals surface area contributed by atoms with Crippen LogP contribution in [0.1, 0.15) is 24.6 Å². The molecule has 3 aromatic rings. The molecule has 3 rings (SSSR count). The Labute approximate surface area is 176 Å². The van der Waals surface area contributed by atoms with Gasteiger partial charge in [0, 0.05) is 27.9 Å². The summed E-state index contributed by atoms with van der Waals surface area (Å²) in [6, 6.07) is 7.08. The second-order valence-electron chi connectivity index (χ2n) is 6.22. The summed E-state index contributed by atoms with van der Waals surface area (Å²) >= 11 is 15.0. The number of carbonyl (C=O) groups is 1. The third-order valence-corrected chi connectivity index (χ3v) is 6.63. The van der Waals surface area contributed by atoms with Crippen LogP contribution >= 0.6 is 46.3 Å². The molecule has 2 aromatic heterocycles. The van der Waals surface area contributed by atoms with Crippen LogP contribution in [0.2, 0.25) is 10.0 Å². The van der Waals surface area contributed by atoms with Gasteiger partial charge in [-0.2, -0.15) is 0 Å². The van der Waals surface area contributed by atoms with E-state index in [0.29, 0.717) is 26.8 Å². The van der Waals surface area contributed by atoms with Crippen LogP contribution in [-0.2, 0) is 11.8 Å². The van der Waals surface area contributed by atoms with Gasteiger partial charge in [0.15, 0.2) is 11.0 Å². The van der Waals surface area contributed by atoms with E-state index in [2.05, 4.69) is 40.8 Å². The Kier molecular flexibility index (Phi) is 6.47. The van der Waals surface area contributed by atoms with Crippen molar-refractivity contribution in [1.29, 1.82) is 0 Å². The van der Waals surface area contributed by atoms with Crippen LogP contribution < -0.4 is 5.32 Å². The molecule has 0 unspecified atom stereocenters. The van der Waals surface area contributed by atoms with Crippen LogP contribution in [0.5, 0.6) is 0 Å². The monoisotopic (exact) mass is 440 g/mol. The molecule has 5 nitrogen and oxygen atoms in total. The van der Waals surface area contributed by atoms with E-state index in [0.717, 1.165) is 11.4 Å².